The van der Waals surface area contributed by atoms with Gasteiger partial charge in [0.1, 0.15) is 11.6 Å². The van der Waals surface area contributed by atoms with Crippen molar-refractivity contribution in [1.82, 2.24) is 10.2 Å². The molecule has 6 heteroatoms. The number of carbonyl (C=O) groups is 1. The second-order valence-corrected chi connectivity index (χ2v) is 5.10. The van der Waals surface area contributed by atoms with E-state index in [1.165, 1.54) is 12.1 Å². The monoisotopic (exact) mass is 326 g/mol. The number of nitrogens with zero attached hydrogens (tertiary/aromatic N) is 2. The lowest BCUT2D eigenvalue weighted by molar-refractivity contribution is 0.0988. The Bertz CT molecular complexity index is 826. The summed E-state index contributed by atoms with van der Waals surface area (Å²) in [5.41, 5.74) is 1.29. The molecule has 0 fully saturated rings. The summed E-state index contributed by atoms with van der Waals surface area (Å²) in [6.07, 6.45) is 0.467. The summed E-state index contributed by atoms with van der Waals surface area (Å²) >= 11 is 0. The van der Waals surface area contributed by atoms with Crippen LogP contribution in [0, 0.1) is 5.82 Å². The predicted molar refractivity (Wildman–Crippen MR) is 85.1 cm³/mol. The SMILES string of the molecule is CCC(=O)c1ccc(OCc2nnc(-c3ccc(F)cc3)o2)cc1. The van der Waals surface area contributed by atoms with Gasteiger partial charge in [-0.3, -0.25) is 4.79 Å². The van der Waals surface area contributed by atoms with Crippen molar-refractivity contribution in [2.24, 2.45) is 0 Å². The Morgan fingerprint density at radius 3 is 2.46 bits per heavy atom. The van der Waals surface area contributed by atoms with Crippen molar-refractivity contribution < 1.29 is 18.3 Å². The Morgan fingerprint density at radius 2 is 1.79 bits per heavy atom. The first-order valence-electron chi connectivity index (χ1n) is 7.50. The van der Waals surface area contributed by atoms with Gasteiger partial charge in [-0.25, -0.2) is 4.39 Å². The highest BCUT2D eigenvalue weighted by molar-refractivity contribution is 5.95. The Kier molecular flexibility index (Phi) is 4.65. The van der Waals surface area contributed by atoms with Gasteiger partial charge in [0.2, 0.25) is 5.89 Å². The number of hydrogen-bond acceptors (Lipinski definition) is 5. The standard InChI is InChI=1S/C18H15FN2O3/c1-2-16(22)12-5-9-15(10-6-12)23-11-17-20-21-18(24-17)13-3-7-14(19)8-4-13/h3-10H,2,11H2,1H3. The van der Waals surface area contributed by atoms with E-state index < -0.39 is 0 Å². The highest BCUT2D eigenvalue weighted by Gasteiger charge is 2.09. The Hall–Kier alpha value is -3.02. The largest absolute Gasteiger partial charge is 0.484 e. The van der Waals surface area contributed by atoms with Crippen LogP contribution in [0.2, 0.25) is 0 Å². The van der Waals surface area contributed by atoms with E-state index in [0.717, 1.165) is 0 Å². The number of ketones is 1. The Labute approximate surface area is 138 Å². The molecule has 0 bridgehead atoms. The molecule has 0 aliphatic rings. The molecule has 0 aliphatic heterocycles. The van der Waals surface area contributed by atoms with E-state index in [4.69, 9.17) is 9.15 Å². The molecule has 2 aromatic carbocycles. The van der Waals surface area contributed by atoms with Crippen LogP contribution >= 0.6 is 0 Å². The molecule has 0 saturated heterocycles. The summed E-state index contributed by atoms with van der Waals surface area (Å²) in [6.45, 7) is 1.93. The fraction of sp³-hybridized carbons (Fsp3) is 0.167. The van der Waals surface area contributed by atoms with Crippen molar-refractivity contribution >= 4 is 5.78 Å². The number of benzene rings is 2. The van der Waals surface area contributed by atoms with Gasteiger partial charge in [0.05, 0.1) is 0 Å². The van der Waals surface area contributed by atoms with Gasteiger partial charge in [0, 0.05) is 17.5 Å². The molecule has 24 heavy (non-hydrogen) atoms. The quantitative estimate of drug-likeness (QED) is 0.639. The van der Waals surface area contributed by atoms with E-state index in [-0.39, 0.29) is 18.2 Å². The van der Waals surface area contributed by atoms with E-state index in [0.29, 0.717) is 35.1 Å². The van der Waals surface area contributed by atoms with E-state index >= 15 is 0 Å². The number of carbonyl (C=O) groups excluding carboxylic acids is 1. The number of rotatable bonds is 6. The number of halogens is 1. The van der Waals surface area contributed by atoms with Crippen LogP contribution in [0.3, 0.4) is 0 Å². The first-order chi connectivity index (χ1) is 11.7. The molecule has 0 unspecified atom stereocenters. The summed E-state index contributed by atoms with van der Waals surface area (Å²) in [5, 5.41) is 7.81. The summed E-state index contributed by atoms with van der Waals surface area (Å²) in [6, 6.07) is 12.7. The second kappa shape index (κ2) is 7.04. The fourth-order valence-corrected chi connectivity index (χ4v) is 2.11. The van der Waals surface area contributed by atoms with Crippen LogP contribution in [-0.2, 0) is 6.61 Å². The van der Waals surface area contributed by atoms with Crippen LogP contribution in [0.1, 0.15) is 29.6 Å². The normalized spacial score (nSPS) is 10.6. The lowest BCUT2D eigenvalue weighted by Gasteiger charge is -2.04. The molecule has 0 spiro atoms. The maximum absolute atomic E-state index is 12.9. The van der Waals surface area contributed by atoms with Crippen molar-refractivity contribution in [3.8, 4) is 17.2 Å². The van der Waals surface area contributed by atoms with Crippen molar-refractivity contribution in [2.75, 3.05) is 0 Å². The molecule has 0 N–H and O–H groups in total. The second-order valence-electron chi connectivity index (χ2n) is 5.10. The molecule has 3 aromatic rings. The predicted octanol–water partition coefficient (Wildman–Crippen LogP) is 4.05. The fourth-order valence-electron chi connectivity index (χ4n) is 2.11. The number of ether oxygens (including phenoxy) is 1. The third-order valence-corrected chi connectivity index (χ3v) is 3.42. The lowest BCUT2D eigenvalue weighted by atomic mass is 10.1. The Balaban J connectivity index is 1.63. The maximum Gasteiger partial charge on any atom is 0.254 e. The van der Waals surface area contributed by atoms with Gasteiger partial charge in [-0.05, 0) is 48.5 Å². The molecule has 0 amide bonds. The van der Waals surface area contributed by atoms with Gasteiger partial charge in [-0.2, -0.15) is 0 Å². The van der Waals surface area contributed by atoms with Crippen LogP contribution in [0.5, 0.6) is 5.75 Å². The zero-order valence-electron chi connectivity index (χ0n) is 13.0. The highest BCUT2D eigenvalue weighted by atomic mass is 19.1. The first kappa shape index (κ1) is 15.9. The van der Waals surface area contributed by atoms with Crippen molar-refractivity contribution in [3.63, 3.8) is 0 Å². The third-order valence-electron chi connectivity index (χ3n) is 3.42. The first-order valence-corrected chi connectivity index (χ1v) is 7.50. The Morgan fingerprint density at radius 1 is 1.08 bits per heavy atom. The summed E-state index contributed by atoms with van der Waals surface area (Å²) in [5.74, 6) is 0.971. The van der Waals surface area contributed by atoms with Gasteiger partial charge in [-0.1, -0.05) is 6.92 Å². The van der Waals surface area contributed by atoms with Gasteiger partial charge >= 0.3 is 0 Å². The minimum atomic E-state index is -0.327. The molecule has 0 atom stereocenters. The smallest absolute Gasteiger partial charge is 0.254 e. The van der Waals surface area contributed by atoms with Crippen LogP contribution in [0.25, 0.3) is 11.5 Å². The molecule has 0 saturated carbocycles. The summed E-state index contributed by atoms with van der Waals surface area (Å²) in [7, 11) is 0. The molecular formula is C18H15FN2O3. The number of aromatic nitrogens is 2. The lowest BCUT2D eigenvalue weighted by Crippen LogP contribution is -1.98. The maximum atomic E-state index is 12.9. The van der Waals surface area contributed by atoms with Crippen LogP contribution < -0.4 is 4.74 Å². The van der Waals surface area contributed by atoms with E-state index in [1.807, 2.05) is 6.92 Å². The van der Waals surface area contributed by atoms with Gasteiger partial charge in [0.15, 0.2) is 12.4 Å². The zero-order valence-corrected chi connectivity index (χ0v) is 13.0. The molecule has 0 radical (unpaired) electrons. The molecule has 1 heterocycles. The van der Waals surface area contributed by atoms with Crippen molar-refractivity contribution in [3.05, 3.63) is 65.8 Å². The van der Waals surface area contributed by atoms with E-state index in [9.17, 15) is 9.18 Å². The average molecular weight is 326 g/mol. The van der Waals surface area contributed by atoms with E-state index in [2.05, 4.69) is 10.2 Å². The van der Waals surface area contributed by atoms with Crippen molar-refractivity contribution in [1.29, 1.82) is 0 Å². The molecule has 3 rings (SSSR count). The molecular weight excluding hydrogens is 311 g/mol. The van der Waals surface area contributed by atoms with Gasteiger partial charge in [-0.15, -0.1) is 10.2 Å². The van der Waals surface area contributed by atoms with Crippen LogP contribution in [0.15, 0.2) is 52.9 Å². The van der Waals surface area contributed by atoms with Gasteiger partial charge in [0.25, 0.3) is 5.89 Å². The van der Waals surface area contributed by atoms with Crippen molar-refractivity contribution in [2.45, 2.75) is 20.0 Å². The summed E-state index contributed by atoms with van der Waals surface area (Å²) in [4.78, 5) is 11.6. The molecule has 5 nitrogen and oxygen atoms in total. The zero-order chi connectivity index (χ0) is 16.9. The molecule has 0 aliphatic carbocycles. The number of Topliss-reactive ketones (excluding diaryl/α,β-unsaturated/α-hetero) is 1. The van der Waals surface area contributed by atoms with Crippen LogP contribution in [0.4, 0.5) is 4.39 Å². The number of hydrogen-bond donors (Lipinski definition) is 0. The molecule has 122 valence electrons. The third kappa shape index (κ3) is 3.65. The minimum absolute atomic E-state index is 0.0855. The summed E-state index contributed by atoms with van der Waals surface area (Å²) < 4.78 is 24.0. The van der Waals surface area contributed by atoms with Crippen LogP contribution in [-0.4, -0.2) is 16.0 Å². The average Bonchev–Trinajstić information content (AvgIpc) is 3.09. The molecule has 1 aromatic heterocycles. The van der Waals surface area contributed by atoms with Gasteiger partial charge < -0.3 is 9.15 Å². The minimum Gasteiger partial charge on any atom is -0.484 e. The highest BCUT2D eigenvalue weighted by Crippen LogP contribution is 2.19. The van der Waals surface area contributed by atoms with E-state index in [1.54, 1.807) is 36.4 Å². The topological polar surface area (TPSA) is 65.2 Å².